The molecule has 0 aliphatic carbocycles. The van der Waals surface area contributed by atoms with Crippen molar-refractivity contribution in [1.29, 1.82) is 0 Å². The van der Waals surface area contributed by atoms with E-state index in [0.29, 0.717) is 42.9 Å². The normalized spacial score (nSPS) is 10.9. The van der Waals surface area contributed by atoms with Gasteiger partial charge in [0, 0.05) is 31.0 Å². The second kappa shape index (κ2) is 12.5. The molecule has 2 aromatic carbocycles. The zero-order chi connectivity index (χ0) is 26.0. The molecule has 0 aliphatic rings. The summed E-state index contributed by atoms with van der Waals surface area (Å²) in [5.41, 5.74) is 1.56. The molecule has 0 atom stereocenters. The molecule has 0 radical (unpaired) electrons. The molecule has 0 spiro atoms. The Hall–Kier alpha value is -4.20. The number of pyridine rings is 1. The van der Waals surface area contributed by atoms with Crippen molar-refractivity contribution in [3.63, 3.8) is 0 Å². The van der Waals surface area contributed by atoms with E-state index in [2.05, 4.69) is 15.6 Å². The van der Waals surface area contributed by atoms with E-state index in [1.807, 2.05) is 39.0 Å². The van der Waals surface area contributed by atoms with Crippen LogP contribution in [0.1, 0.15) is 53.5 Å². The number of anilines is 1. The highest BCUT2D eigenvalue weighted by Crippen LogP contribution is 2.17. The SMILES string of the molecule is CC(C)(C)OC(=O)N(CCCNC(=O)c1ccccc1NC(=O)c1ccccc1)Cc1cccnc1. The van der Waals surface area contributed by atoms with Gasteiger partial charge in [-0.05, 0) is 63.1 Å². The molecule has 8 nitrogen and oxygen atoms in total. The monoisotopic (exact) mass is 488 g/mol. The van der Waals surface area contributed by atoms with E-state index in [1.165, 1.54) is 0 Å². The van der Waals surface area contributed by atoms with E-state index >= 15 is 0 Å². The molecular formula is C28H32N4O4. The van der Waals surface area contributed by atoms with Crippen molar-refractivity contribution < 1.29 is 19.1 Å². The Morgan fingerprint density at radius 1 is 0.917 bits per heavy atom. The Morgan fingerprint density at radius 3 is 2.33 bits per heavy atom. The van der Waals surface area contributed by atoms with Crippen LogP contribution in [0.3, 0.4) is 0 Å². The van der Waals surface area contributed by atoms with Crippen molar-refractivity contribution in [2.24, 2.45) is 0 Å². The van der Waals surface area contributed by atoms with Gasteiger partial charge < -0.3 is 20.3 Å². The van der Waals surface area contributed by atoms with Crippen molar-refractivity contribution in [2.75, 3.05) is 18.4 Å². The fraction of sp³-hybridized carbons (Fsp3) is 0.286. The molecule has 1 aromatic heterocycles. The van der Waals surface area contributed by atoms with Gasteiger partial charge in [0.2, 0.25) is 0 Å². The molecule has 2 N–H and O–H groups in total. The first kappa shape index (κ1) is 26.4. The molecule has 0 saturated carbocycles. The minimum atomic E-state index is -0.619. The molecule has 3 amide bonds. The van der Waals surface area contributed by atoms with E-state index in [9.17, 15) is 14.4 Å². The zero-order valence-corrected chi connectivity index (χ0v) is 20.9. The molecular weight excluding hydrogens is 456 g/mol. The number of benzene rings is 2. The van der Waals surface area contributed by atoms with Crippen molar-refractivity contribution in [2.45, 2.75) is 39.3 Å². The molecule has 0 aliphatic heterocycles. The van der Waals surface area contributed by atoms with Crippen LogP contribution in [-0.2, 0) is 11.3 Å². The molecule has 3 aromatic rings. The summed E-state index contributed by atoms with van der Waals surface area (Å²) in [6, 6.07) is 19.4. The molecule has 0 bridgehead atoms. The highest BCUT2D eigenvalue weighted by Gasteiger charge is 2.22. The molecule has 8 heteroatoms. The van der Waals surface area contributed by atoms with Gasteiger partial charge >= 0.3 is 6.09 Å². The number of rotatable bonds is 9. The number of aromatic nitrogens is 1. The summed E-state index contributed by atoms with van der Waals surface area (Å²) in [7, 11) is 0. The lowest BCUT2D eigenvalue weighted by Crippen LogP contribution is -2.38. The van der Waals surface area contributed by atoms with Gasteiger partial charge in [-0.3, -0.25) is 14.6 Å². The second-order valence-corrected chi connectivity index (χ2v) is 9.24. The van der Waals surface area contributed by atoms with Crippen LogP contribution in [0.25, 0.3) is 0 Å². The minimum absolute atomic E-state index is 0.292. The van der Waals surface area contributed by atoms with Crippen LogP contribution in [0.15, 0.2) is 79.1 Å². The van der Waals surface area contributed by atoms with Crippen molar-refractivity contribution in [3.8, 4) is 0 Å². The lowest BCUT2D eigenvalue weighted by atomic mass is 10.1. The van der Waals surface area contributed by atoms with Gasteiger partial charge in [-0.15, -0.1) is 0 Å². The molecule has 188 valence electrons. The standard InChI is InChI=1S/C28H32N4O4/c1-28(2,3)36-27(35)32(20-21-11-9-16-29-19-21)18-10-17-30-26(34)23-14-7-8-15-24(23)31-25(33)22-12-5-4-6-13-22/h4-9,11-16,19H,10,17-18,20H2,1-3H3,(H,30,34)(H,31,33). The maximum atomic E-state index is 12.9. The summed E-state index contributed by atoms with van der Waals surface area (Å²) in [6.45, 7) is 6.54. The van der Waals surface area contributed by atoms with Gasteiger partial charge in [0.05, 0.1) is 17.8 Å². The van der Waals surface area contributed by atoms with Crippen LogP contribution >= 0.6 is 0 Å². The summed E-state index contributed by atoms with van der Waals surface area (Å²) < 4.78 is 5.55. The summed E-state index contributed by atoms with van der Waals surface area (Å²) in [5.74, 6) is -0.603. The van der Waals surface area contributed by atoms with Crippen LogP contribution in [0.4, 0.5) is 10.5 Å². The molecule has 1 heterocycles. The number of hydrogen-bond donors (Lipinski definition) is 2. The lowest BCUT2D eigenvalue weighted by Gasteiger charge is -2.27. The van der Waals surface area contributed by atoms with E-state index in [1.54, 1.807) is 65.8 Å². The van der Waals surface area contributed by atoms with E-state index in [4.69, 9.17) is 4.74 Å². The smallest absolute Gasteiger partial charge is 0.410 e. The molecule has 0 unspecified atom stereocenters. The highest BCUT2D eigenvalue weighted by atomic mass is 16.6. The number of carbonyl (C=O) groups excluding carboxylic acids is 3. The molecule has 3 rings (SSSR count). The maximum Gasteiger partial charge on any atom is 0.410 e. The highest BCUT2D eigenvalue weighted by molar-refractivity contribution is 6.08. The van der Waals surface area contributed by atoms with Gasteiger partial charge in [0.1, 0.15) is 5.60 Å². The molecule has 0 fully saturated rings. The predicted molar refractivity (Wildman–Crippen MR) is 139 cm³/mol. The van der Waals surface area contributed by atoms with Crippen molar-refractivity contribution in [3.05, 3.63) is 95.8 Å². The van der Waals surface area contributed by atoms with Gasteiger partial charge in [-0.1, -0.05) is 36.4 Å². The Bertz CT molecular complexity index is 1160. The van der Waals surface area contributed by atoms with Gasteiger partial charge in [0.15, 0.2) is 0 Å². The van der Waals surface area contributed by atoms with Gasteiger partial charge in [0.25, 0.3) is 11.8 Å². The van der Waals surface area contributed by atoms with Crippen LogP contribution in [0, 0.1) is 0 Å². The largest absolute Gasteiger partial charge is 0.444 e. The number of hydrogen-bond acceptors (Lipinski definition) is 5. The van der Waals surface area contributed by atoms with Gasteiger partial charge in [-0.2, -0.15) is 0 Å². The first-order chi connectivity index (χ1) is 17.2. The fourth-order valence-electron chi connectivity index (χ4n) is 3.41. The van der Waals surface area contributed by atoms with Crippen LogP contribution in [-0.4, -0.2) is 46.5 Å². The van der Waals surface area contributed by atoms with Crippen LogP contribution in [0.5, 0.6) is 0 Å². The van der Waals surface area contributed by atoms with Crippen molar-refractivity contribution in [1.82, 2.24) is 15.2 Å². The van der Waals surface area contributed by atoms with Crippen LogP contribution in [0.2, 0.25) is 0 Å². The minimum Gasteiger partial charge on any atom is -0.444 e. The Labute approximate surface area is 211 Å². The number of ether oxygens (including phenoxy) is 1. The summed E-state index contributed by atoms with van der Waals surface area (Å²) >= 11 is 0. The number of carbonyl (C=O) groups is 3. The van der Waals surface area contributed by atoms with E-state index in [-0.39, 0.29) is 11.8 Å². The quantitative estimate of drug-likeness (QED) is 0.418. The zero-order valence-electron chi connectivity index (χ0n) is 20.9. The summed E-state index contributed by atoms with van der Waals surface area (Å²) in [4.78, 5) is 43.8. The first-order valence-electron chi connectivity index (χ1n) is 11.8. The van der Waals surface area contributed by atoms with Gasteiger partial charge in [-0.25, -0.2) is 4.79 Å². The summed E-state index contributed by atoms with van der Waals surface area (Å²) in [6.07, 6.45) is 3.48. The first-order valence-corrected chi connectivity index (χ1v) is 11.8. The predicted octanol–water partition coefficient (Wildman–Crippen LogP) is 4.89. The van der Waals surface area contributed by atoms with E-state index < -0.39 is 11.7 Å². The Balaban J connectivity index is 1.58. The van der Waals surface area contributed by atoms with E-state index in [0.717, 1.165) is 5.56 Å². The molecule has 0 saturated heterocycles. The molecule has 36 heavy (non-hydrogen) atoms. The number of nitrogens with zero attached hydrogens (tertiary/aromatic N) is 2. The third-order valence-electron chi connectivity index (χ3n) is 5.09. The summed E-state index contributed by atoms with van der Waals surface area (Å²) in [5, 5.41) is 5.68. The third kappa shape index (κ3) is 8.23. The number of para-hydroxylation sites is 1. The average Bonchev–Trinajstić information content (AvgIpc) is 2.86. The second-order valence-electron chi connectivity index (χ2n) is 9.24. The van der Waals surface area contributed by atoms with Crippen LogP contribution < -0.4 is 10.6 Å². The topological polar surface area (TPSA) is 101 Å². The fourth-order valence-corrected chi connectivity index (χ4v) is 3.41. The average molecular weight is 489 g/mol. The number of nitrogens with one attached hydrogen (secondary N) is 2. The number of amides is 3. The maximum absolute atomic E-state index is 12.9. The van der Waals surface area contributed by atoms with Crippen molar-refractivity contribution >= 4 is 23.6 Å². The third-order valence-corrected chi connectivity index (χ3v) is 5.09. The lowest BCUT2D eigenvalue weighted by molar-refractivity contribution is 0.0232. The Morgan fingerprint density at radius 2 is 1.64 bits per heavy atom. The Kier molecular flexibility index (Phi) is 9.16.